The third kappa shape index (κ3) is 4.26. The third-order valence-corrected chi connectivity index (χ3v) is 5.14. The summed E-state index contributed by atoms with van der Waals surface area (Å²) in [6.07, 6.45) is 9.84. The van der Waals surface area contributed by atoms with E-state index >= 15 is 0 Å². The molecule has 2 N–H and O–H groups in total. The van der Waals surface area contributed by atoms with Gasteiger partial charge < -0.3 is 5.73 Å². The van der Waals surface area contributed by atoms with Gasteiger partial charge in [0, 0.05) is 18.7 Å². The molecule has 2 aliphatic carbocycles. The molecule has 0 unspecified atom stereocenters. The minimum Gasteiger partial charge on any atom is -0.405 e. The van der Waals surface area contributed by atoms with E-state index in [0.717, 1.165) is 65.8 Å². The first-order valence-corrected chi connectivity index (χ1v) is 9.69. The quantitative estimate of drug-likeness (QED) is 0.691. The topological polar surface area (TPSA) is 51.3 Å². The summed E-state index contributed by atoms with van der Waals surface area (Å²) in [6.45, 7) is 8.24. The number of aryl methyl sites for hydroxylation is 1. The second-order valence-electron chi connectivity index (χ2n) is 7.44. The molecule has 0 atom stereocenters. The van der Waals surface area contributed by atoms with Crippen LogP contribution in [0.3, 0.4) is 0 Å². The van der Waals surface area contributed by atoms with E-state index in [0.29, 0.717) is 6.42 Å². The molecule has 1 heterocycles. The minimum absolute atomic E-state index is 0.0638. The maximum absolute atomic E-state index is 14.2. The van der Waals surface area contributed by atoms with Gasteiger partial charge in [-0.25, -0.2) is 4.39 Å². The number of hydrogen-bond donors (Lipinski definition) is 1. The lowest BCUT2D eigenvalue weighted by Gasteiger charge is -2.20. The summed E-state index contributed by atoms with van der Waals surface area (Å²) < 4.78 is 14.2. The lowest BCUT2D eigenvalue weighted by molar-refractivity contribution is 0.562. The number of nitrogens with zero attached hydrogens (tertiary/aromatic N) is 2. The Bertz CT molecular complexity index is 856. The molecule has 1 aromatic heterocycles. The summed E-state index contributed by atoms with van der Waals surface area (Å²) in [5.41, 5.74) is 12.9. The molecule has 4 heteroatoms. The van der Waals surface area contributed by atoms with Crippen LogP contribution in [0.25, 0.3) is 0 Å². The second-order valence-corrected chi connectivity index (χ2v) is 7.44. The summed E-state index contributed by atoms with van der Waals surface area (Å²) >= 11 is 0. The number of fused-ring (bicyclic) bond motifs is 1. The Kier molecular flexibility index (Phi) is 6.04. The molecule has 0 spiro atoms. The fraction of sp³-hybridized carbons (Fsp3) is 0.391. The Morgan fingerprint density at radius 1 is 1.30 bits per heavy atom. The third-order valence-electron chi connectivity index (χ3n) is 5.14. The van der Waals surface area contributed by atoms with Gasteiger partial charge in [0.2, 0.25) is 0 Å². The molecule has 27 heavy (non-hydrogen) atoms. The van der Waals surface area contributed by atoms with Gasteiger partial charge >= 0.3 is 0 Å². The van der Waals surface area contributed by atoms with E-state index in [-0.39, 0.29) is 11.9 Å². The van der Waals surface area contributed by atoms with Crippen LogP contribution in [0, 0.1) is 0 Å². The summed E-state index contributed by atoms with van der Waals surface area (Å²) in [6, 6.07) is 4.21. The van der Waals surface area contributed by atoms with Crippen LogP contribution in [0.4, 0.5) is 4.39 Å². The monoisotopic (exact) mass is 365 g/mol. The zero-order chi connectivity index (χ0) is 19.4. The maximum atomic E-state index is 14.2. The largest absolute Gasteiger partial charge is 0.405 e. The Morgan fingerprint density at radius 3 is 2.85 bits per heavy atom. The molecule has 0 aromatic carbocycles. The Labute approximate surface area is 161 Å². The summed E-state index contributed by atoms with van der Waals surface area (Å²) in [5, 5.41) is 0. The van der Waals surface area contributed by atoms with Crippen LogP contribution in [0.2, 0.25) is 0 Å². The second kappa shape index (κ2) is 8.47. The van der Waals surface area contributed by atoms with Crippen LogP contribution in [-0.4, -0.2) is 16.7 Å². The number of rotatable bonds is 6. The van der Waals surface area contributed by atoms with Gasteiger partial charge in [-0.15, -0.1) is 0 Å². The smallest absolute Gasteiger partial charge is 0.104 e. The minimum atomic E-state index is 0.0638. The number of halogens is 1. The molecule has 0 aliphatic heterocycles. The average molecular weight is 365 g/mol. The number of aliphatic imine (C=N–C) groups is 1. The Balaban J connectivity index is 1.89. The van der Waals surface area contributed by atoms with Crippen molar-refractivity contribution in [3.8, 4) is 0 Å². The maximum Gasteiger partial charge on any atom is 0.104 e. The molecule has 2 aliphatic rings. The normalized spacial score (nSPS) is 18.2. The van der Waals surface area contributed by atoms with Crippen LogP contribution >= 0.6 is 0 Å². The van der Waals surface area contributed by atoms with Crippen molar-refractivity contribution in [1.29, 1.82) is 0 Å². The molecule has 0 saturated heterocycles. The van der Waals surface area contributed by atoms with Crippen molar-refractivity contribution in [1.82, 2.24) is 4.98 Å². The van der Waals surface area contributed by atoms with Gasteiger partial charge in [-0.1, -0.05) is 18.2 Å². The van der Waals surface area contributed by atoms with Crippen molar-refractivity contribution < 1.29 is 4.39 Å². The summed E-state index contributed by atoms with van der Waals surface area (Å²) in [5.74, 6) is 0.0638. The van der Waals surface area contributed by atoms with Gasteiger partial charge in [0.15, 0.2) is 0 Å². The highest BCUT2D eigenvalue weighted by atomic mass is 19.1. The van der Waals surface area contributed by atoms with Gasteiger partial charge in [-0.2, -0.15) is 0 Å². The molecule has 1 aromatic rings. The van der Waals surface area contributed by atoms with E-state index in [2.05, 4.69) is 22.6 Å². The molecule has 0 amide bonds. The highest BCUT2D eigenvalue weighted by Crippen LogP contribution is 2.45. The van der Waals surface area contributed by atoms with E-state index in [1.807, 2.05) is 26.0 Å². The van der Waals surface area contributed by atoms with Gasteiger partial charge in [0.05, 0.1) is 11.4 Å². The number of pyridine rings is 1. The van der Waals surface area contributed by atoms with E-state index in [9.17, 15) is 4.39 Å². The zero-order valence-electron chi connectivity index (χ0n) is 16.3. The Morgan fingerprint density at radius 2 is 2.11 bits per heavy atom. The fourth-order valence-electron chi connectivity index (χ4n) is 3.97. The first-order valence-electron chi connectivity index (χ1n) is 9.69. The van der Waals surface area contributed by atoms with Crippen LogP contribution in [0.5, 0.6) is 0 Å². The predicted octanol–water partition coefficient (Wildman–Crippen LogP) is 5.35. The number of aromatic nitrogens is 1. The zero-order valence-corrected chi connectivity index (χ0v) is 16.3. The molecular weight excluding hydrogens is 337 g/mol. The van der Waals surface area contributed by atoms with Crippen LogP contribution in [0.15, 0.2) is 70.3 Å². The lowest BCUT2D eigenvalue weighted by Crippen LogP contribution is -2.10. The molecule has 1 fully saturated rings. The molecule has 3 rings (SSSR count). The van der Waals surface area contributed by atoms with Crippen molar-refractivity contribution in [2.75, 3.05) is 0 Å². The van der Waals surface area contributed by atoms with Gasteiger partial charge in [-0.3, -0.25) is 9.98 Å². The number of hydrogen-bond acceptors (Lipinski definition) is 3. The van der Waals surface area contributed by atoms with Crippen LogP contribution < -0.4 is 5.73 Å². The van der Waals surface area contributed by atoms with E-state index < -0.39 is 0 Å². The summed E-state index contributed by atoms with van der Waals surface area (Å²) in [4.78, 5) is 9.24. The Hall–Kier alpha value is -2.49. The first kappa shape index (κ1) is 19.3. The van der Waals surface area contributed by atoms with Gasteiger partial charge in [-0.05, 0) is 86.6 Å². The SMILES string of the molecule is C=C1CCC2=C(F)CCC(CCc3cccnc3C(C=CN)=NC(C)C)=C12. The highest BCUT2D eigenvalue weighted by molar-refractivity contribution is 6.08. The van der Waals surface area contributed by atoms with Crippen molar-refractivity contribution in [3.63, 3.8) is 0 Å². The standard InChI is InChI=1S/C23H28FN3/c1-15(2)27-21(12-13-25)23-18(5-4-14-26-23)8-7-17-9-11-20(24)19-10-6-16(3)22(17)19/h4-5,12-15H,3,6-11,25H2,1-2H3. The molecule has 0 bridgehead atoms. The molecular formula is C23H28FN3. The molecule has 142 valence electrons. The van der Waals surface area contributed by atoms with Gasteiger partial charge in [0.1, 0.15) is 5.83 Å². The lowest BCUT2D eigenvalue weighted by atomic mass is 9.87. The van der Waals surface area contributed by atoms with Crippen molar-refractivity contribution >= 4 is 5.71 Å². The first-order chi connectivity index (χ1) is 13.0. The van der Waals surface area contributed by atoms with Crippen LogP contribution in [-0.2, 0) is 6.42 Å². The molecule has 3 nitrogen and oxygen atoms in total. The van der Waals surface area contributed by atoms with Crippen molar-refractivity contribution in [3.05, 3.63) is 76.6 Å². The predicted molar refractivity (Wildman–Crippen MR) is 110 cm³/mol. The van der Waals surface area contributed by atoms with Crippen molar-refractivity contribution in [2.24, 2.45) is 10.7 Å². The van der Waals surface area contributed by atoms with E-state index in [1.54, 1.807) is 6.20 Å². The van der Waals surface area contributed by atoms with E-state index in [1.165, 1.54) is 11.8 Å². The highest BCUT2D eigenvalue weighted by Gasteiger charge is 2.28. The number of allylic oxidation sites excluding steroid dienone is 6. The fourth-order valence-corrected chi connectivity index (χ4v) is 3.97. The average Bonchev–Trinajstić information content (AvgIpc) is 3.04. The van der Waals surface area contributed by atoms with Gasteiger partial charge in [0.25, 0.3) is 0 Å². The molecule has 0 radical (unpaired) electrons. The van der Waals surface area contributed by atoms with E-state index in [4.69, 9.17) is 5.73 Å². The number of nitrogens with two attached hydrogens (primary N) is 1. The molecule has 1 saturated carbocycles. The summed E-state index contributed by atoms with van der Waals surface area (Å²) in [7, 11) is 0. The van der Waals surface area contributed by atoms with Crippen molar-refractivity contribution in [2.45, 2.75) is 58.4 Å². The van der Waals surface area contributed by atoms with Crippen LogP contribution in [0.1, 0.15) is 57.2 Å².